The summed E-state index contributed by atoms with van der Waals surface area (Å²) in [7, 11) is 0. The first-order chi connectivity index (χ1) is 8.22. The van der Waals surface area contributed by atoms with Crippen LogP contribution in [0.15, 0.2) is 24.5 Å². The molecule has 2 aromatic rings. The fraction of sp³-hybridized carbons (Fsp3) is 0.286. The lowest BCUT2D eigenvalue weighted by atomic mass is 10.1. The fourth-order valence-corrected chi connectivity index (χ4v) is 1.67. The smallest absolute Gasteiger partial charge is 0.0932 e. The van der Waals surface area contributed by atoms with Crippen LogP contribution in [0.2, 0.25) is 0 Å². The highest BCUT2D eigenvalue weighted by Gasteiger charge is 2.03. The average molecular weight is 228 g/mol. The van der Waals surface area contributed by atoms with Crippen LogP contribution in [-0.4, -0.2) is 16.8 Å². The monoisotopic (exact) mass is 228 g/mol. The van der Waals surface area contributed by atoms with Crippen molar-refractivity contribution in [2.45, 2.75) is 20.8 Å². The molecule has 3 nitrogen and oxygen atoms in total. The summed E-state index contributed by atoms with van der Waals surface area (Å²) in [6, 6.07) is 6.11. The predicted octanol–water partition coefficient (Wildman–Crippen LogP) is 3.25. The Kier molecular flexibility index (Phi) is 3.38. The second kappa shape index (κ2) is 4.95. The van der Waals surface area contributed by atoms with Crippen molar-refractivity contribution in [2.24, 2.45) is 0 Å². The van der Waals surface area contributed by atoms with E-state index in [0.29, 0.717) is 6.61 Å². The van der Waals surface area contributed by atoms with Crippen molar-refractivity contribution in [1.29, 1.82) is 0 Å². The number of aryl methyl sites for hydroxylation is 2. The van der Waals surface area contributed by atoms with Crippen LogP contribution in [-0.2, 0) is 4.74 Å². The first-order valence-electron chi connectivity index (χ1n) is 5.74. The molecule has 0 fully saturated rings. The largest absolute Gasteiger partial charge is 0.501 e. The molecule has 0 atom stereocenters. The summed E-state index contributed by atoms with van der Waals surface area (Å²) in [6.45, 7) is 6.70. The summed E-state index contributed by atoms with van der Waals surface area (Å²) in [6.07, 6.45) is 3.68. The number of rotatable bonds is 3. The second-order valence-electron chi connectivity index (χ2n) is 3.95. The van der Waals surface area contributed by atoms with Gasteiger partial charge in [0.25, 0.3) is 0 Å². The van der Waals surface area contributed by atoms with Gasteiger partial charge < -0.3 is 4.74 Å². The molecule has 3 heteroatoms. The van der Waals surface area contributed by atoms with Gasteiger partial charge in [-0.1, -0.05) is 6.07 Å². The standard InChI is InChI=1S/C14H16N2O/c1-4-17-8-7-12-5-6-14-13(9-12)10(2)11(3)15-16-14/h5-9H,4H2,1-3H3/b8-7+. The van der Waals surface area contributed by atoms with Crippen LogP contribution in [0.5, 0.6) is 0 Å². The van der Waals surface area contributed by atoms with Crippen LogP contribution in [0.3, 0.4) is 0 Å². The van der Waals surface area contributed by atoms with Crippen molar-refractivity contribution < 1.29 is 4.74 Å². The van der Waals surface area contributed by atoms with Gasteiger partial charge >= 0.3 is 0 Å². The Morgan fingerprint density at radius 3 is 2.82 bits per heavy atom. The van der Waals surface area contributed by atoms with Crippen molar-refractivity contribution >= 4 is 17.0 Å². The van der Waals surface area contributed by atoms with Gasteiger partial charge in [0.05, 0.1) is 24.1 Å². The molecular formula is C14H16N2O. The molecule has 1 aromatic heterocycles. The summed E-state index contributed by atoms with van der Waals surface area (Å²) in [5, 5.41) is 9.44. The first-order valence-corrected chi connectivity index (χ1v) is 5.74. The highest BCUT2D eigenvalue weighted by atomic mass is 16.5. The van der Waals surface area contributed by atoms with Crippen molar-refractivity contribution in [3.8, 4) is 0 Å². The fourth-order valence-electron chi connectivity index (χ4n) is 1.67. The summed E-state index contributed by atoms with van der Waals surface area (Å²) in [5.74, 6) is 0. The number of hydrogen-bond acceptors (Lipinski definition) is 3. The molecule has 1 aromatic carbocycles. The van der Waals surface area contributed by atoms with Gasteiger partial charge in [0, 0.05) is 5.39 Å². The van der Waals surface area contributed by atoms with Crippen molar-refractivity contribution in [1.82, 2.24) is 10.2 Å². The van der Waals surface area contributed by atoms with E-state index in [1.807, 2.05) is 32.1 Å². The minimum Gasteiger partial charge on any atom is -0.501 e. The minimum atomic E-state index is 0.688. The van der Waals surface area contributed by atoms with E-state index in [9.17, 15) is 0 Å². The van der Waals surface area contributed by atoms with Gasteiger partial charge in [0.1, 0.15) is 0 Å². The average Bonchev–Trinajstić information content (AvgIpc) is 2.35. The number of aromatic nitrogens is 2. The molecule has 0 saturated carbocycles. The second-order valence-corrected chi connectivity index (χ2v) is 3.95. The highest BCUT2D eigenvalue weighted by Crippen LogP contribution is 2.19. The van der Waals surface area contributed by atoms with Gasteiger partial charge in [0.15, 0.2) is 0 Å². The van der Waals surface area contributed by atoms with Crippen LogP contribution in [0.25, 0.3) is 17.0 Å². The number of hydrogen-bond donors (Lipinski definition) is 0. The summed E-state index contributed by atoms with van der Waals surface area (Å²) < 4.78 is 5.19. The molecule has 1 heterocycles. The highest BCUT2D eigenvalue weighted by molar-refractivity contribution is 5.84. The number of fused-ring (bicyclic) bond motifs is 1. The molecule has 0 radical (unpaired) electrons. The predicted molar refractivity (Wildman–Crippen MR) is 69.7 cm³/mol. The van der Waals surface area contributed by atoms with E-state index in [-0.39, 0.29) is 0 Å². The van der Waals surface area contributed by atoms with Crippen molar-refractivity contribution in [2.75, 3.05) is 6.61 Å². The third-order valence-electron chi connectivity index (χ3n) is 2.80. The lowest BCUT2D eigenvalue weighted by Crippen LogP contribution is -1.93. The molecule has 0 bridgehead atoms. The van der Waals surface area contributed by atoms with E-state index >= 15 is 0 Å². The summed E-state index contributed by atoms with van der Waals surface area (Å²) in [5.41, 5.74) is 4.20. The van der Waals surface area contributed by atoms with Crippen molar-refractivity contribution in [3.63, 3.8) is 0 Å². The molecule has 0 spiro atoms. The van der Waals surface area contributed by atoms with Crippen molar-refractivity contribution in [3.05, 3.63) is 41.3 Å². The molecule has 0 aliphatic heterocycles. The third-order valence-corrected chi connectivity index (χ3v) is 2.80. The van der Waals surface area contributed by atoms with Crippen LogP contribution in [0.1, 0.15) is 23.7 Å². The van der Waals surface area contributed by atoms with E-state index in [2.05, 4.69) is 23.2 Å². The molecule has 0 unspecified atom stereocenters. The maximum Gasteiger partial charge on any atom is 0.0932 e. The molecule has 0 aliphatic carbocycles. The Bertz CT molecular complexity index is 561. The molecule has 2 rings (SSSR count). The zero-order valence-corrected chi connectivity index (χ0v) is 10.4. The molecular weight excluding hydrogens is 212 g/mol. The van der Waals surface area contributed by atoms with Crippen LogP contribution in [0.4, 0.5) is 0 Å². The Labute approximate surface area is 101 Å². The van der Waals surface area contributed by atoms with Gasteiger partial charge in [-0.25, -0.2) is 0 Å². The van der Waals surface area contributed by atoms with Crippen LogP contribution >= 0.6 is 0 Å². The lowest BCUT2D eigenvalue weighted by molar-refractivity contribution is 0.272. The number of benzene rings is 1. The number of nitrogens with zero attached hydrogens (tertiary/aromatic N) is 2. The Morgan fingerprint density at radius 2 is 2.06 bits per heavy atom. The quantitative estimate of drug-likeness (QED) is 0.756. The lowest BCUT2D eigenvalue weighted by Gasteiger charge is -2.04. The van der Waals surface area contributed by atoms with Gasteiger partial charge in [-0.2, -0.15) is 10.2 Å². The van der Waals surface area contributed by atoms with Gasteiger partial charge in [-0.3, -0.25) is 0 Å². The third kappa shape index (κ3) is 2.44. The Morgan fingerprint density at radius 1 is 1.24 bits per heavy atom. The van der Waals surface area contributed by atoms with Crippen LogP contribution in [0, 0.1) is 13.8 Å². The zero-order valence-electron chi connectivity index (χ0n) is 10.4. The van der Waals surface area contributed by atoms with Crippen LogP contribution < -0.4 is 0 Å². The number of ether oxygens (including phenoxy) is 1. The van der Waals surface area contributed by atoms with Gasteiger partial charge in [-0.05, 0) is 50.1 Å². The van der Waals surface area contributed by atoms with E-state index in [0.717, 1.165) is 22.2 Å². The Hall–Kier alpha value is -1.90. The summed E-state index contributed by atoms with van der Waals surface area (Å²) >= 11 is 0. The summed E-state index contributed by atoms with van der Waals surface area (Å²) in [4.78, 5) is 0. The van der Waals surface area contributed by atoms with E-state index in [1.165, 1.54) is 5.56 Å². The topological polar surface area (TPSA) is 35.0 Å². The zero-order chi connectivity index (χ0) is 12.3. The molecule has 0 amide bonds. The van der Waals surface area contributed by atoms with E-state index in [4.69, 9.17) is 4.74 Å². The van der Waals surface area contributed by atoms with Gasteiger partial charge in [-0.15, -0.1) is 0 Å². The van der Waals surface area contributed by atoms with Gasteiger partial charge in [0.2, 0.25) is 0 Å². The molecule has 88 valence electrons. The maximum atomic E-state index is 5.19. The molecule has 17 heavy (non-hydrogen) atoms. The van der Waals surface area contributed by atoms with E-state index in [1.54, 1.807) is 6.26 Å². The van der Waals surface area contributed by atoms with E-state index < -0.39 is 0 Å². The normalized spacial score (nSPS) is 11.2. The molecule has 0 aliphatic rings. The molecule has 0 saturated heterocycles. The SMILES string of the molecule is CCO/C=C/c1ccc2nnc(C)c(C)c2c1. The molecule has 0 N–H and O–H groups in total. The first kappa shape index (κ1) is 11.6. The minimum absolute atomic E-state index is 0.688. The Balaban J connectivity index is 2.45. The maximum absolute atomic E-state index is 5.19.